The minimum Gasteiger partial charge on any atom is -0.395 e. The Morgan fingerprint density at radius 2 is 2.00 bits per heavy atom. The van der Waals surface area contributed by atoms with Crippen molar-refractivity contribution in [2.24, 2.45) is 5.73 Å². The van der Waals surface area contributed by atoms with Crippen LogP contribution in [0, 0.1) is 0 Å². The second-order valence-corrected chi connectivity index (χ2v) is 4.22. The van der Waals surface area contributed by atoms with E-state index in [1.165, 1.54) is 0 Å². The lowest BCUT2D eigenvalue weighted by molar-refractivity contribution is 0.0429. The van der Waals surface area contributed by atoms with E-state index in [2.05, 4.69) is 4.90 Å². The zero-order valence-electron chi connectivity index (χ0n) is 10.4. The summed E-state index contributed by atoms with van der Waals surface area (Å²) in [5.74, 6) is 0. The average Bonchev–Trinajstić information content (AvgIpc) is 2.18. The predicted octanol–water partition coefficient (Wildman–Crippen LogP) is 0.441. The molecule has 0 spiro atoms. The molecule has 0 aromatic rings. The molecule has 0 aromatic carbocycles. The fourth-order valence-electron chi connectivity index (χ4n) is 1.47. The summed E-state index contributed by atoms with van der Waals surface area (Å²) in [4.78, 5) is 2.07. The van der Waals surface area contributed by atoms with Crippen LogP contribution in [0.1, 0.15) is 27.2 Å². The molecule has 2 atom stereocenters. The topological polar surface area (TPSA) is 58.7 Å². The summed E-state index contributed by atoms with van der Waals surface area (Å²) in [6.07, 6.45) is 1.13. The molecule has 0 aliphatic rings. The van der Waals surface area contributed by atoms with Crippen molar-refractivity contribution < 1.29 is 9.84 Å². The number of aliphatic hydroxyl groups is 1. The Morgan fingerprint density at radius 1 is 1.40 bits per heavy atom. The van der Waals surface area contributed by atoms with Crippen molar-refractivity contribution >= 4 is 0 Å². The Hall–Kier alpha value is -0.160. The van der Waals surface area contributed by atoms with E-state index in [-0.39, 0.29) is 24.8 Å². The molecule has 0 fully saturated rings. The van der Waals surface area contributed by atoms with Crippen molar-refractivity contribution in [3.05, 3.63) is 0 Å². The van der Waals surface area contributed by atoms with E-state index in [0.717, 1.165) is 13.0 Å². The standard InChI is InChI=1S/C11H26N2O2/c1-5-10(12)11(8-14)13(4)6-7-15-9(2)3/h9-11,14H,5-8,12H2,1-4H3. The predicted molar refractivity (Wildman–Crippen MR) is 62.9 cm³/mol. The maximum Gasteiger partial charge on any atom is 0.0601 e. The molecular formula is C11H26N2O2. The molecule has 4 heteroatoms. The van der Waals surface area contributed by atoms with E-state index in [1.54, 1.807) is 0 Å². The minimum absolute atomic E-state index is 0.0269. The van der Waals surface area contributed by atoms with Gasteiger partial charge in [-0.25, -0.2) is 0 Å². The fourth-order valence-corrected chi connectivity index (χ4v) is 1.47. The number of nitrogens with zero attached hydrogens (tertiary/aromatic N) is 1. The number of rotatable bonds is 8. The van der Waals surface area contributed by atoms with Crippen molar-refractivity contribution in [3.8, 4) is 0 Å². The van der Waals surface area contributed by atoms with E-state index in [1.807, 2.05) is 27.8 Å². The number of nitrogens with two attached hydrogens (primary N) is 1. The maximum atomic E-state index is 9.24. The Labute approximate surface area is 93.4 Å². The van der Waals surface area contributed by atoms with Crippen LogP contribution in [-0.4, -0.2) is 55.0 Å². The van der Waals surface area contributed by atoms with Gasteiger partial charge in [-0.2, -0.15) is 0 Å². The van der Waals surface area contributed by atoms with Crippen LogP contribution in [0.3, 0.4) is 0 Å². The van der Waals surface area contributed by atoms with Gasteiger partial charge < -0.3 is 15.6 Å². The molecule has 92 valence electrons. The van der Waals surface area contributed by atoms with Crippen LogP contribution in [0.2, 0.25) is 0 Å². The van der Waals surface area contributed by atoms with Gasteiger partial charge in [0.1, 0.15) is 0 Å². The summed E-state index contributed by atoms with van der Waals surface area (Å²) in [5.41, 5.74) is 5.92. The van der Waals surface area contributed by atoms with Crippen LogP contribution in [-0.2, 0) is 4.74 Å². The molecule has 2 unspecified atom stereocenters. The van der Waals surface area contributed by atoms with Crippen molar-refractivity contribution in [1.82, 2.24) is 4.90 Å². The van der Waals surface area contributed by atoms with Gasteiger partial charge in [-0.15, -0.1) is 0 Å². The van der Waals surface area contributed by atoms with Crippen LogP contribution in [0.4, 0.5) is 0 Å². The largest absolute Gasteiger partial charge is 0.395 e. The van der Waals surface area contributed by atoms with Crippen LogP contribution in [0.25, 0.3) is 0 Å². The SMILES string of the molecule is CCC(N)C(CO)N(C)CCOC(C)C. The summed E-state index contributed by atoms with van der Waals surface area (Å²) < 4.78 is 5.46. The molecular weight excluding hydrogens is 192 g/mol. The van der Waals surface area contributed by atoms with Gasteiger partial charge in [0.05, 0.1) is 19.3 Å². The molecule has 0 rings (SSSR count). The van der Waals surface area contributed by atoms with E-state index < -0.39 is 0 Å². The third-order valence-electron chi connectivity index (χ3n) is 2.61. The molecule has 0 aromatic heterocycles. The second-order valence-electron chi connectivity index (χ2n) is 4.22. The van der Waals surface area contributed by atoms with Crippen LogP contribution in [0.5, 0.6) is 0 Å². The maximum absolute atomic E-state index is 9.24. The van der Waals surface area contributed by atoms with Gasteiger partial charge in [0.15, 0.2) is 0 Å². The molecule has 0 radical (unpaired) electrons. The molecule has 0 bridgehead atoms. The quantitative estimate of drug-likeness (QED) is 0.621. The third-order valence-corrected chi connectivity index (χ3v) is 2.61. The highest BCUT2D eigenvalue weighted by molar-refractivity contribution is 4.78. The van der Waals surface area contributed by atoms with Crippen LogP contribution in [0.15, 0.2) is 0 Å². The number of aliphatic hydroxyl groups excluding tert-OH is 1. The lowest BCUT2D eigenvalue weighted by Crippen LogP contribution is -2.49. The van der Waals surface area contributed by atoms with Crippen molar-refractivity contribution in [2.75, 3.05) is 26.8 Å². The zero-order chi connectivity index (χ0) is 11.8. The van der Waals surface area contributed by atoms with E-state index >= 15 is 0 Å². The van der Waals surface area contributed by atoms with Gasteiger partial charge in [0.2, 0.25) is 0 Å². The summed E-state index contributed by atoms with van der Waals surface area (Å²) in [6, 6.07) is 0.0600. The lowest BCUT2D eigenvalue weighted by atomic mass is 10.1. The molecule has 0 aliphatic heterocycles. The lowest BCUT2D eigenvalue weighted by Gasteiger charge is -2.30. The Balaban J connectivity index is 3.88. The highest BCUT2D eigenvalue weighted by Gasteiger charge is 2.19. The number of ether oxygens (including phenoxy) is 1. The summed E-state index contributed by atoms with van der Waals surface area (Å²) >= 11 is 0. The highest BCUT2D eigenvalue weighted by Crippen LogP contribution is 2.03. The van der Waals surface area contributed by atoms with E-state index in [4.69, 9.17) is 10.5 Å². The number of hydrogen-bond acceptors (Lipinski definition) is 4. The third kappa shape index (κ3) is 6.10. The average molecular weight is 218 g/mol. The Morgan fingerprint density at radius 3 is 2.40 bits per heavy atom. The molecule has 0 saturated heterocycles. The van der Waals surface area contributed by atoms with Crippen LogP contribution < -0.4 is 5.73 Å². The number of hydrogen-bond donors (Lipinski definition) is 2. The normalized spacial score (nSPS) is 16.0. The molecule has 0 saturated carbocycles. The monoisotopic (exact) mass is 218 g/mol. The zero-order valence-corrected chi connectivity index (χ0v) is 10.4. The first-order valence-corrected chi connectivity index (χ1v) is 5.71. The Bertz CT molecular complexity index is 154. The Kier molecular flexibility index (Phi) is 7.96. The molecule has 4 nitrogen and oxygen atoms in total. The summed E-state index contributed by atoms with van der Waals surface area (Å²) in [6.45, 7) is 7.65. The number of likely N-dealkylation sites (N-methyl/N-ethyl adjacent to an activating group) is 1. The second kappa shape index (κ2) is 8.05. The van der Waals surface area contributed by atoms with E-state index in [9.17, 15) is 5.11 Å². The smallest absolute Gasteiger partial charge is 0.0601 e. The first-order valence-electron chi connectivity index (χ1n) is 5.71. The fraction of sp³-hybridized carbons (Fsp3) is 1.00. The van der Waals surface area contributed by atoms with Gasteiger partial charge in [-0.1, -0.05) is 6.92 Å². The minimum atomic E-state index is 0.0269. The van der Waals surface area contributed by atoms with Crippen molar-refractivity contribution in [3.63, 3.8) is 0 Å². The summed E-state index contributed by atoms with van der Waals surface area (Å²) in [7, 11) is 1.97. The first-order chi connectivity index (χ1) is 7.02. The van der Waals surface area contributed by atoms with Gasteiger partial charge in [-0.05, 0) is 27.3 Å². The van der Waals surface area contributed by atoms with Crippen molar-refractivity contribution in [1.29, 1.82) is 0 Å². The van der Waals surface area contributed by atoms with Gasteiger partial charge in [0, 0.05) is 18.6 Å². The van der Waals surface area contributed by atoms with Gasteiger partial charge in [0.25, 0.3) is 0 Å². The van der Waals surface area contributed by atoms with Crippen molar-refractivity contribution in [2.45, 2.75) is 45.4 Å². The van der Waals surface area contributed by atoms with Gasteiger partial charge >= 0.3 is 0 Å². The molecule has 0 heterocycles. The molecule has 3 N–H and O–H groups in total. The summed E-state index contributed by atoms with van der Waals surface area (Å²) in [5, 5.41) is 9.24. The van der Waals surface area contributed by atoms with E-state index in [0.29, 0.717) is 6.61 Å². The van der Waals surface area contributed by atoms with Crippen LogP contribution >= 0.6 is 0 Å². The highest BCUT2D eigenvalue weighted by atomic mass is 16.5. The van der Waals surface area contributed by atoms with Gasteiger partial charge in [-0.3, -0.25) is 4.90 Å². The molecule has 0 aliphatic carbocycles. The first kappa shape index (κ1) is 14.8. The molecule has 0 amide bonds. The molecule has 15 heavy (non-hydrogen) atoms.